The van der Waals surface area contributed by atoms with Gasteiger partial charge in [-0.05, 0) is 11.6 Å². The minimum Gasteiger partial charge on any atom is -0.259 e. The Morgan fingerprint density at radius 2 is 1.88 bits per heavy atom. The van der Waals surface area contributed by atoms with E-state index in [1.807, 2.05) is 18.2 Å². The molecule has 0 fully saturated rings. The maximum absolute atomic E-state index is 6.14. The first-order chi connectivity index (χ1) is 7.62. The van der Waals surface area contributed by atoms with Gasteiger partial charge in [0.25, 0.3) is 0 Å². The number of aromatic nitrogens is 1. The fourth-order valence-electron chi connectivity index (χ4n) is 1.77. The highest BCUT2D eigenvalue weighted by molar-refractivity contribution is 6.31. The zero-order valence-electron chi connectivity index (χ0n) is 9.37. The second-order valence-corrected chi connectivity index (χ2v) is 4.62. The molecule has 0 saturated carbocycles. The molecule has 0 aliphatic rings. The van der Waals surface area contributed by atoms with Gasteiger partial charge in [-0.2, -0.15) is 0 Å². The zero-order chi connectivity index (χ0) is 11.6. The Kier molecular flexibility index (Phi) is 2.97. The lowest BCUT2D eigenvalue weighted by molar-refractivity contribution is 0.617. The number of nitrogens with zero attached hydrogens (tertiary/aromatic N) is 1. The van der Waals surface area contributed by atoms with Crippen molar-refractivity contribution in [2.75, 3.05) is 0 Å². The van der Waals surface area contributed by atoms with E-state index in [0.717, 1.165) is 5.69 Å². The molecule has 0 N–H and O–H groups in total. The van der Waals surface area contributed by atoms with E-state index in [4.69, 9.17) is 11.6 Å². The van der Waals surface area contributed by atoms with Gasteiger partial charge in [-0.15, -0.1) is 0 Å². The Balaban J connectivity index is 2.51. The van der Waals surface area contributed by atoms with Crippen molar-refractivity contribution >= 4 is 11.6 Å². The van der Waals surface area contributed by atoms with Crippen molar-refractivity contribution in [3.63, 3.8) is 0 Å². The van der Waals surface area contributed by atoms with Gasteiger partial charge in [0.1, 0.15) is 0 Å². The maximum Gasteiger partial charge on any atom is 0.0709 e. The summed E-state index contributed by atoms with van der Waals surface area (Å²) in [5, 5.41) is 0.594. The van der Waals surface area contributed by atoms with Crippen LogP contribution in [0.15, 0.2) is 42.6 Å². The molecule has 1 radical (unpaired) electrons. The molecule has 1 heterocycles. The van der Waals surface area contributed by atoms with Crippen molar-refractivity contribution in [1.29, 1.82) is 0 Å². The van der Waals surface area contributed by atoms with Crippen molar-refractivity contribution in [3.05, 3.63) is 64.9 Å². The summed E-state index contributed by atoms with van der Waals surface area (Å²) in [4.78, 5) is 4.36. The average Bonchev–Trinajstić information content (AvgIpc) is 2.30. The van der Waals surface area contributed by atoms with Crippen LogP contribution >= 0.6 is 11.6 Å². The molecule has 0 bridgehead atoms. The van der Waals surface area contributed by atoms with Gasteiger partial charge in [0.2, 0.25) is 0 Å². The molecule has 0 aliphatic heterocycles. The van der Waals surface area contributed by atoms with Crippen LogP contribution in [-0.4, -0.2) is 4.98 Å². The van der Waals surface area contributed by atoms with Crippen molar-refractivity contribution in [2.24, 2.45) is 0 Å². The Morgan fingerprint density at radius 3 is 2.50 bits per heavy atom. The lowest BCUT2D eigenvalue weighted by atomic mass is 9.81. The molecule has 81 valence electrons. The zero-order valence-corrected chi connectivity index (χ0v) is 10.1. The molecule has 0 spiro atoms. The summed E-state index contributed by atoms with van der Waals surface area (Å²) in [6, 6.07) is 14.9. The Morgan fingerprint density at radius 1 is 1.19 bits per heavy atom. The Bertz CT molecular complexity index is 477. The largest absolute Gasteiger partial charge is 0.259 e. The van der Waals surface area contributed by atoms with Gasteiger partial charge in [0.15, 0.2) is 0 Å². The van der Waals surface area contributed by atoms with Crippen molar-refractivity contribution < 1.29 is 0 Å². The number of hydrogen-bond acceptors (Lipinski definition) is 1. The van der Waals surface area contributed by atoms with E-state index in [-0.39, 0.29) is 5.41 Å². The van der Waals surface area contributed by atoms with E-state index >= 15 is 0 Å². The molecule has 16 heavy (non-hydrogen) atoms. The first kappa shape index (κ1) is 11.2. The minimum absolute atomic E-state index is 0.198. The lowest BCUT2D eigenvalue weighted by Gasteiger charge is -2.25. The SMILES string of the molecule is CC(C)(c1ccccc1)c1ncc[c]c1Cl. The van der Waals surface area contributed by atoms with Crippen LogP contribution in [0.2, 0.25) is 5.02 Å². The summed E-state index contributed by atoms with van der Waals surface area (Å²) in [6.45, 7) is 4.23. The molecule has 0 atom stereocenters. The second kappa shape index (κ2) is 4.26. The standard InChI is InChI=1S/C14H13ClN/c1-14(2,11-7-4-3-5-8-11)13-12(15)9-6-10-16-13/h3-8,10H,1-2H3. The van der Waals surface area contributed by atoms with Gasteiger partial charge < -0.3 is 0 Å². The van der Waals surface area contributed by atoms with Crippen LogP contribution in [0.3, 0.4) is 0 Å². The molecule has 2 rings (SSSR count). The number of rotatable bonds is 2. The van der Waals surface area contributed by atoms with E-state index in [1.54, 1.807) is 12.3 Å². The second-order valence-electron chi connectivity index (χ2n) is 4.24. The third kappa shape index (κ3) is 1.96. The van der Waals surface area contributed by atoms with Crippen LogP contribution in [0.1, 0.15) is 25.1 Å². The van der Waals surface area contributed by atoms with Gasteiger partial charge in [-0.3, -0.25) is 4.98 Å². The highest BCUT2D eigenvalue weighted by Gasteiger charge is 2.26. The summed E-state index contributed by atoms with van der Waals surface area (Å²) in [7, 11) is 0. The van der Waals surface area contributed by atoms with E-state index in [1.165, 1.54) is 5.56 Å². The molecule has 0 aliphatic carbocycles. The van der Waals surface area contributed by atoms with Gasteiger partial charge >= 0.3 is 0 Å². The molecule has 1 nitrogen and oxygen atoms in total. The monoisotopic (exact) mass is 230 g/mol. The van der Waals surface area contributed by atoms with Crippen molar-refractivity contribution in [1.82, 2.24) is 4.98 Å². The predicted octanol–water partition coefficient (Wildman–Crippen LogP) is 3.86. The summed E-state index contributed by atoms with van der Waals surface area (Å²) in [5.41, 5.74) is 1.86. The number of benzene rings is 1. The molecule has 0 saturated heterocycles. The van der Waals surface area contributed by atoms with Gasteiger partial charge in [-0.1, -0.05) is 55.8 Å². The summed E-state index contributed by atoms with van der Waals surface area (Å²) in [6.07, 6.45) is 1.73. The number of halogens is 1. The average molecular weight is 231 g/mol. The predicted molar refractivity (Wildman–Crippen MR) is 66.7 cm³/mol. The fraction of sp³-hybridized carbons (Fsp3) is 0.214. The van der Waals surface area contributed by atoms with Crippen LogP contribution < -0.4 is 0 Å². The summed E-state index contributed by atoms with van der Waals surface area (Å²) in [5.74, 6) is 0. The number of hydrogen-bond donors (Lipinski definition) is 0. The van der Waals surface area contributed by atoms with E-state index in [9.17, 15) is 0 Å². The van der Waals surface area contributed by atoms with Gasteiger partial charge in [0.05, 0.1) is 10.7 Å². The highest BCUT2D eigenvalue weighted by Crippen LogP contribution is 2.33. The van der Waals surface area contributed by atoms with Gasteiger partial charge in [-0.25, -0.2) is 0 Å². The van der Waals surface area contributed by atoms with Crippen LogP contribution in [0, 0.1) is 6.07 Å². The first-order valence-corrected chi connectivity index (χ1v) is 5.58. The van der Waals surface area contributed by atoms with E-state index in [0.29, 0.717) is 5.02 Å². The van der Waals surface area contributed by atoms with Crippen LogP contribution in [0.25, 0.3) is 0 Å². The van der Waals surface area contributed by atoms with Crippen LogP contribution in [-0.2, 0) is 5.41 Å². The molecule has 0 amide bonds. The van der Waals surface area contributed by atoms with E-state index < -0.39 is 0 Å². The third-order valence-corrected chi connectivity index (χ3v) is 3.07. The molecule has 2 aromatic rings. The normalized spacial score (nSPS) is 11.4. The van der Waals surface area contributed by atoms with E-state index in [2.05, 4.69) is 37.0 Å². The summed E-state index contributed by atoms with van der Waals surface area (Å²) < 4.78 is 0. The first-order valence-electron chi connectivity index (χ1n) is 5.20. The van der Waals surface area contributed by atoms with Crippen molar-refractivity contribution in [3.8, 4) is 0 Å². The van der Waals surface area contributed by atoms with Crippen molar-refractivity contribution in [2.45, 2.75) is 19.3 Å². The minimum atomic E-state index is -0.198. The molecule has 0 unspecified atom stereocenters. The quantitative estimate of drug-likeness (QED) is 0.764. The lowest BCUT2D eigenvalue weighted by Crippen LogP contribution is -2.20. The molecule has 1 aromatic carbocycles. The topological polar surface area (TPSA) is 12.9 Å². The highest BCUT2D eigenvalue weighted by atomic mass is 35.5. The molecular formula is C14H13ClN. The number of pyridine rings is 1. The molecule has 2 heteroatoms. The van der Waals surface area contributed by atoms with Crippen LogP contribution in [0.5, 0.6) is 0 Å². The third-order valence-electron chi connectivity index (χ3n) is 2.78. The maximum atomic E-state index is 6.14. The Labute approximate surface area is 101 Å². The Hall–Kier alpha value is -1.34. The molecule has 1 aromatic heterocycles. The van der Waals surface area contributed by atoms with Crippen LogP contribution in [0.4, 0.5) is 0 Å². The fourth-order valence-corrected chi connectivity index (χ4v) is 2.12. The smallest absolute Gasteiger partial charge is 0.0709 e. The van der Waals surface area contributed by atoms with Gasteiger partial charge in [0, 0.05) is 17.7 Å². The summed E-state index contributed by atoms with van der Waals surface area (Å²) >= 11 is 6.14. The molecular weight excluding hydrogens is 218 g/mol.